The van der Waals surface area contributed by atoms with E-state index in [0.717, 1.165) is 5.69 Å². The van der Waals surface area contributed by atoms with Crippen LogP contribution in [0.25, 0.3) is 5.69 Å². The van der Waals surface area contributed by atoms with Crippen molar-refractivity contribution in [2.75, 3.05) is 5.32 Å². The fourth-order valence-corrected chi connectivity index (χ4v) is 2.41. The number of aromatic nitrogens is 1. The number of hydrogen-bond acceptors (Lipinski definition) is 2. The van der Waals surface area contributed by atoms with Crippen LogP contribution in [0.5, 0.6) is 0 Å². The SMILES string of the molecule is N#Cc1cccc(C(=O)Nc2ccc(Cl)cc2-n2cccc2)c1. The van der Waals surface area contributed by atoms with E-state index in [1.165, 1.54) is 0 Å². The van der Waals surface area contributed by atoms with Crippen molar-refractivity contribution in [1.82, 2.24) is 4.57 Å². The molecular weight excluding hydrogens is 310 g/mol. The van der Waals surface area contributed by atoms with Crippen molar-refractivity contribution in [3.63, 3.8) is 0 Å². The number of nitrogens with one attached hydrogen (secondary N) is 1. The van der Waals surface area contributed by atoms with Gasteiger partial charge in [0, 0.05) is 23.0 Å². The molecule has 0 saturated heterocycles. The molecule has 3 aromatic rings. The average Bonchev–Trinajstić information content (AvgIpc) is 3.11. The van der Waals surface area contributed by atoms with Crippen molar-refractivity contribution < 1.29 is 4.79 Å². The summed E-state index contributed by atoms with van der Waals surface area (Å²) in [4.78, 5) is 12.4. The third-order valence-electron chi connectivity index (χ3n) is 3.34. The van der Waals surface area contributed by atoms with Gasteiger partial charge in [-0.15, -0.1) is 0 Å². The first-order chi connectivity index (χ1) is 11.2. The Morgan fingerprint density at radius 3 is 2.61 bits per heavy atom. The summed E-state index contributed by atoms with van der Waals surface area (Å²) < 4.78 is 1.87. The van der Waals surface area contributed by atoms with Crippen molar-refractivity contribution >= 4 is 23.2 Å². The van der Waals surface area contributed by atoms with Crippen LogP contribution in [0.1, 0.15) is 15.9 Å². The second-order valence-corrected chi connectivity index (χ2v) is 5.33. The van der Waals surface area contributed by atoms with Crippen LogP contribution in [0.3, 0.4) is 0 Å². The van der Waals surface area contributed by atoms with Gasteiger partial charge < -0.3 is 9.88 Å². The van der Waals surface area contributed by atoms with Gasteiger partial charge in [-0.2, -0.15) is 5.26 Å². The average molecular weight is 322 g/mol. The fraction of sp³-hybridized carbons (Fsp3) is 0. The predicted molar refractivity (Wildman–Crippen MR) is 89.9 cm³/mol. The van der Waals surface area contributed by atoms with Crippen LogP contribution in [-0.4, -0.2) is 10.5 Å². The van der Waals surface area contributed by atoms with Crippen molar-refractivity contribution in [1.29, 1.82) is 5.26 Å². The summed E-state index contributed by atoms with van der Waals surface area (Å²) in [6, 6.07) is 17.6. The smallest absolute Gasteiger partial charge is 0.255 e. The van der Waals surface area contributed by atoms with E-state index in [2.05, 4.69) is 5.32 Å². The van der Waals surface area contributed by atoms with E-state index < -0.39 is 0 Å². The van der Waals surface area contributed by atoms with Gasteiger partial charge in [-0.3, -0.25) is 4.79 Å². The molecule has 0 aliphatic rings. The van der Waals surface area contributed by atoms with E-state index in [9.17, 15) is 4.79 Å². The summed E-state index contributed by atoms with van der Waals surface area (Å²) in [5.74, 6) is -0.280. The Bertz CT molecular complexity index is 895. The molecule has 0 aliphatic carbocycles. The van der Waals surface area contributed by atoms with Crippen molar-refractivity contribution in [3.05, 3.63) is 83.1 Å². The molecule has 1 N–H and O–H groups in total. The monoisotopic (exact) mass is 321 g/mol. The molecule has 0 spiro atoms. The number of anilines is 1. The molecule has 2 aromatic carbocycles. The van der Waals surface area contributed by atoms with Gasteiger partial charge in [0.05, 0.1) is 23.0 Å². The van der Waals surface area contributed by atoms with E-state index in [1.807, 2.05) is 35.2 Å². The van der Waals surface area contributed by atoms with Gasteiger partial charge in [-0.05, 0) is 48.5 Å². The third-order valence-corrected chi connectivity index (χ3v) is 3.58. The molecular formula is C18H12ClN3O. The first-order valence-corrected chi connectivity index (χ1v) is 7.29. The summed E-state index contributed by atoms with van der Waals surface area (Å²) in [7, 11) is 0. The highest BCUT2D eigenvalue weighted by Gasteiger charge is 2.11. The zero-order valence-electron chi connectivity index (χ0n) is 12.0. The lowest BCUT2D eigenvalue weighted by molar-refractivity contribution is 0.102. The van der Waals surface area contributed by atoms with Gasteiger partial charge in [-0.1, -0.05) is 17.7 Å². The maximum Gasteiger partial charge on any atom is 0.255 e. The lowest BCUT2D eigenvalue weighted by Crippen LogP contribution is -2.13. The third kappa shape index (κ3) is 3.25. The number of benzene rings is 2. The predicted octanol–water partition coefficient (Wildman–Crippen LogP) is 4.25. The number of carbonyl (C=O) groups excluding carboxylic acids is 1. The minimum atomic E-state index is -0.280. The molecule has 4 nitrogen and oxygen atoms in total. The standard InChI is InChI=1S/C18H12ClN3O/c19-15-6-7-16(17(11-15)22-8-1-2-9-22)21-18(23)14-5-3-4-13(10-14)12-20/h1-11H,(H,21,23). The maximum absolute atomic E-state index is 12.4. The van der Waals surface area contributed by atoms with Crippen molar-refractivity contribution in [3.8, 4) is 11.8 Å². The topological polar surface area (TPSA) is 57.8 Å². The molecule has 0 saturated carbocycles. The van der Waals surface area contributed by atoms with Gasteiger partial charge in [0.2, 0.25) is 0 Å². The summed E-state index contributed by atoms with van der Waals surface area (Å²) in [5.41, 5.74) is 2.28. The van der Waals surface area contributed by atoms with Crippen LogP contribution < -0.4 is 5.32 Å². The normalized spacial score (nSPS) is 10.1. The number of carbonyl (C=O) groups is 1. The zero-order valence-corrected chi connectivity index (χ0v) is 12.8. The molecule has 1 heterocycles. The Balaban J connectivity index is 1.94. The maximum atomic E-state index is 12.4. The molecule has 0 fully saturated rings. The second-order valence-electron chi connectivity index (χ2n) is 4.90. The molecule has 3 rings (SSSR count). The second kappa shape index (κ2) is 6.39. The first-order valence-electron chi connectivity index (χ1n) is 6.92. The van der Waals surface area contributed by atoms with Crippen LogP contribution >= 0.6 is 11.6 Å². The van der Waals surface area contributed by atoms with Crippen LogP contribution in [0.4, 0.5) is 5.69 Å². The Morgan fingerprint density at radius 2 is 1.87 bits per heavy atom. The van der Waals surface area contributed by atoms with Crippen LogP contribution in [0, 0.1) is 11.3 Å². The number of nitriles is 1. The molecule has 23 heavy (non-hydrogen) atoms. The number of halogens is 1. The van der Waals surface area contributed by atoms with E-state index in [-0.39, 0.29) is 5.91 Å². The molecule has 112 valence electrons. The highest BCUT2D eigenvalue weighted by Crippen LogP contribution is 2.25. The van der Waals surface area contributed by atoms with Crippen LogP contribution in [0.2, 0.25) is 5.02 Å². The summed E-state index contributed by atoms with van der Waals surface area (Å²) >= 11 is 6.06. The number of hydrogen-bond donors (Lipinski definition) is 1. The van der Waals surface area contributed by atoms with E-state index in [0.29, 0.717) is 21.8 Å². The fourth-order valence-electron chi connectivity index (χ4n) is 2.24. The van der Waals surface area contributed by atoms with E-state index >= 15 is 0 Å². The summed E-state index contributed by atoms with van der Waals surface area (Å²) in [5, 5.41) is 12.4. The molecule has 0 unspecified atom stereocenters. The number of rotatable bonds is 3. The number of amides is 1. The molecule has 0 radical (unpaired) electrons. The van der Waals surface area contributed by atoms with Crippen molar-refractivity contribution in [2.45, 2.75) is 0 Å². The molecule has 0 aliphatic heterocycles. The van der Waals surface area contributed by atoms with Crippen LogP contribution in [0.15, 0.2) is 67.0 Å². The van der Waals surface area contributed by atoms with Gasteiger partial charge >= 0.3 is 0 Å². The molecule has 1 amide bonds. The molecule has 5 heteroatoms. The minimum Gasteiger partial charge on any atom is -0.322 e. The minimum absolute atomic E-state index is 0.280. The van der Waals surface area contributed by atoms with Crippen molar-refractivity contribution in [2.24, 2.45) is 0 Å². The lowest BCUT2D eigenvalue weighted by Gasteiger charge is -2.13. The van der Waals surface area contributed by atoms with E-state index in [1.54, 1.807) is 42.5 Å². The van der Waals surface area contributed by atoms with Gasteiger partial charge in [0.1, 0.15) is 0 Å². The Kier molecular flexibility index (Phi) is 4.13. The summed E-state index contributed by atoms with van der Waals surface area (Å²) in [6.07, 6.45) is 3.75. The molecule has 0 atom stereocenters. The van der Waals surface area contributed by atoms with Gasteiger partial charge in [0.15, 0.2) is 0 Å². The van der Waals surface area contributed by atoms with Gasteiger partial charge in [0.25, 0.3) is 5.91 Å². The Morgan fingerprint density at radius 1 is 1.09 bits per heavy atom. The lowest BCUT2D eigenvalue weighted by atomic mass is 10.1. The zero-order chi connectivity index (χ0) is 16.2. The largest absolute Gasteiger partial charge is 0.322 e. The summed E-state index contributed by atoms with van der Waals surface area (Å²) in [6.45, 7) is 0. The quantitative estimate of drug-likeness (QED) is 0.783. The Hall–Kier alpha value is -3.03. The number of nitrogens with zero attached hydrogens (tertiary/aromatic N) is 2. The molecule has 1 aromatic heterocycles. The van der Waals surface area contributed by atoms with E-state index in [4.69, 9.17) is 16.9 Å². The highest BCUT2D eigenvalue weighted by molar-refractivity contribution is 6.31. The Labute approximate surface area is 138 Å². The van der Waals surface area contributed by atoms with Gasteiger partial charge in [-0.25, -0.2) is 0 Å². The first kappa shape index (κ1) is 14.9. The highest BCUT2D eigenvalue weighted by atomic mass is 35.5. The molecule has 0 bridgehead atoms. The van der Waals surface area contributed by atoms with Crippen LogP contribution in [-0.2, 0) is 0 Å².